The first kappa shape index (κ1) is 57.0. The van der Waals surface area contributed by atoms with E-state index in [1.807, 2.05) is 0 Å². The van der Waals surface area contributed by atoms with Crippen molar-refractivity contribution in [2.24, 2.45) is 11.8 Å². The maximum absolute atomic E-state index is 3.62. The number of unbranched alkanes of at least 4 members (excludes halogenated alkanes) is 4. The van der Waals surface area contributed by atoms with Gasteiger partial charge in [0.15, 0.2) is 0 Å². The first-order valence-corrected chi connectivity index (χ1v) is 17.9. The zero-order chi connectivity index (χ0) is 30.5. The van der Waals surface area contributed by atoms with Crippen molar-refractivity contribution in [1.29, 1.82) is 0 Å². The summed E-state index contributed by atoms with van der Waals surface area (Å²) in [5.41, 5.74) is 0. The van der Waals surface area contributed by atoms with Crippen LogP contribution in [0.25, 0.3) is 0 Å². The summed E-state index contributed by atoms with van der Waals surface area (Å²) >= 11 is 0. The maximum atomic E-state index is 3.62. The van der Waals surface area contributed by atoms with E-state index < -0.39 is 0 Å². The monoisotopic (exact) mass is 651 g/mol. The molecule has 0 amide bonds. The molecule has 0 radical (unpaired) electrons. The Labute approximate surface area is 287 Å². The molecule has 1 fully saturated rings. The van der Waals surface area contributed by atoms with Gasteiger partial charge in [0.25, 0.3) is 0 Å². The van der Waals surface area contributed by atoms with Crippen molar-refractivity contribution >= 4 is 0 Å². The molecule has 2 atom stereocenters. The summed E-state index contributed by atoms with van der Waals surface area (Å²) in [7, 11) is 0. The van der Waals surface area contributed by atoms with Crippen LogP contribution in [0.1, 0.15) is 129 Å². The van der Waals surface area contributed by atoms with Crippen LogP contribution in [0.5, 0.6) is 0 Å². The van der Waals surface area contributed by atoms with Gasteiger partial charge in [0, 0.05) is 0 Å². The fourth-order valence-corrected chi connectivity index (χ4v) is 4.45. The molecular formula is C37H94N8. The van der Waals surface area contributed by atoms with Gasteiger partial charge in [-0.25, -0.2) is 0 Å². The minimum atomic E-state index is 0. The number of rotatable bonds is 30. The Bertz CT molecular complexity index is 389. The summed E-state index contributed by atoms with van der Waals surface area (Å²) in [5.74, 6) is 1.88. The van der Waals surface area contributed by atoms with Crippen molar-refractivity contribution in [2.75, 3.05) is 105 Å². The molecule has 8 nitrogen and oxygen atoms in total. The topological polar surface area (TPSA) is 96.2 Å². The molecule has 0 aromatic heterocycles. The van der Waals surface area contributed by atoms with Crippen LogP contribution >= 0.6 is 0 Å². The van der Waals surface area contributed by atoms with E-state index >= 15 is 0 Å². The number of hydrogen-bond acceptors (Lipinski definition) is 8. The normalized spacial score (nSPS) is 14.3. The van der Waals surface area contributed by atoms with E-state index in [9.17, 15) is 0 Å². The standard InChI is InChI=1S/C17H38N4.2C8H20N2.4CH4/c1-3-18-9-5-7-11-20-14-16-13-17(16)15-21-12-8-6-10-19-4-2;2*1-3-9-7-5-6-8-10-4-2;;;;/h16-21H,3-15H2,1-2H3;2*9-10H,3-8H2,1-2H3;4*1H4. The lowest BCUT2D eigenvalue weighted by atomic mass is 10.2. The lowest BCUT2D eigenvalue weighted by Crippen LogP contribution is -2.23. The zero-order valence-electron chi connectivity index (χ0n) is 28.8. The van der Waals surface area contributed by atoms with Gasteiger partial charge in [0.1, 0.15) is 0 Å². The minimum Gasteiger partial charge on any atom is -0.317 e. The summed E-state index contributed by atoms with van der Waals surface area (Å²) in [6, 6.07) is 0. The molecule has 0 aromatic rings. The van der Waals surface area contributed by atoms with Gasteiger partial charge in [-0.15, -0.1) is 0 Å². The van der Waals surface area contributed by atoms with Crippen LogP contribution in [-0.2, 0) is 0 Å². The van der Waals surface area contributed by atoms with Gasteiger partial charge in [-0.3, -0.25) is 0 Å². The Hall–Kier alpha value is -0.320. The van der Waals surface area contributed by atoms with Crippen LogP contribution in [0, 0.1) is 11.8 Å². The van der Waals surface area contributed by atoms with Crippen molar-refractivity contribution in [2.45, 2.75) is 129 Å². The number of nitrogens with one attached hydrogen (secondary N) is 8. The molecular weight excluding hydrogens is 556 g/mol. The van der Waals surface area contributed by atoms with Crippen LogP contribution in [-0.4, -0.2) is 105 Å². The van der Waals surface area contributed by atoms with Gasteiger partial charge in [0.2, 0.25) is 0 Å². The molecule has 2 unspecified atom stereocenters. The van der Waals surface area contributed by atoms with Crippen LogP contribution in [0.4, 0.5) is 0 Å². The highest BCUT2D eigenvalue weighted by Gasteiger charge is 2.35. The lowest BCUT2D eigenvalue weighted by Gasteiger charge is -2.06. The zero-order valence-corrected chi connectivity index (χ0v) is 28.8. The Morgan fingerprint density at radius 3 is 0.667 bits per heavy atom. The molecule has 282 valence electrons. The summed E-state index contributed by atoms with van der Waals surface area (Å²) in [6.07, 6.45) is 11.8. The first-order chi connectivity index (χ1) is 20.2. The first-order valence-electron chi connectivity index (χ1n) is 17.9. The van der Waals surface area contributed by atoms with E-state index in [1.165, 1.54) is 123 Å². The van der Waals surface area contributed by atoms with Crippen molar-refractivity contribution < 1.29 is 0 Å². The van der Waals surface area contributed by atoms with E-state index in [0.717, 1.165) is 51.1 Å². The average molecular weight is 651 g/mol. The second kappa shape index (κ2) is 53.2. The van der Waals surface area contributed by atoms with E-state index in [1.54, 1.807) is 0 Å². The van der Waals surface area contributed by atoms with E-state index in [-0.39, 0.29) is 29.7 Å². The maximum Gasteiger partial charge on any atom is -0.00173 e. The SMILES string of the molecule is C.C.C.C.CCNCCCCNCC.CCNCCCCNCC.CCNCCCCNCC1CC1CNCCCCNCC. The second-order valence-electron chi connectivity index (χ2n) is 11.1. The third kappa shape index (κ3) is 53.4. The number of hydrogen-bond donors (Lipinski definition) is 8. The highest BCUT2D eigenvalue weighted by Crippen LogP contribution is 2.37. The summed E-state index contributed by atoms with van der Waals surface area (Å²) in [5, 5.41) is 27.2. The van der Waals surface area contributed by atoms with Crippen LogP contribution in [0.2, 0.25) is 0 Å². The van der Waals surface area contributed by atoms with E-state index in [4.69, 9.17) is 0 Å². The van der Waals surface area contributed by atoms with Crippen LogP contribution in [0.15, 0.2) is 0 Å². The van der Waals surface area contributed by atoms with Crippen molar-refractivity contribution in [3.05, 3.63) is 0 Å². The Morgan fingerprint density at radius 1 is 0.311 bits per heavy atom. The minimum absolute atomic E-state index is 0. The third-order valence-electron chi connectivity index (χ3n) is 7.21. The van der Waals surface area contributed by atoms with Gasteiger partial charge in [-0.05, 0) is 174 Å². The predicted molar refractivity (Wildman–Crippen MR) is 212 cm³/mol. The quantitative estimate of drug-likeness (QED) is 0.0443. The van der Waals surface area contributed by atoms with Gasteiger partial charge in [-0.1, -0.05) is 71.2 Å². The van der Waals surface area contributed by atoms with Crippen molar-refractivity contribution in [1.82, 2.24) is 42.5 Å². The molecule has 1 saturated carbocycles. The Morgan fingerprint density at radius 2 is 0.489 bits per heavy atom. The molecule has 0 bridgehead atoms. The Balaban J connectivity index is -0.000000135. The molecule has 1 rings (SSSR count). The van der Waals surface area contributed by atoms with Crippen LogP contribution < -0.4 is 42.5 Å². The van der Waals surface area contributed by atoms with Crippen molar-refractivity contribution in [3.8, 4) is 0 Å². The van der Waals surface area contributed by atoms with Gasteiger partial charge >= 0.3 is 0 Å². The molecule has 0 aromatic carbocycles. The molecule has 8 heteroatoms. The highest BCUT2D eigenvalue weighted by atomic mass is 14.9. The summed E-state index contributed by atoms with van der Waals surface area (Å²) in [6.45, 7) is 31.3. The Kier molecular flexibility index (Phi) is 67.3. The summed E-state index contributed by atoms with van der Waals surface area (Å²) in [4.78, 5) is 0. The van der Waals surface area contributed by atoms with Gasteiger partial charge < -0.3 is 42.5 Å². The molecule has 1 aliphatic rings. The average Bonchev–Trinajstić information content (AvgIpc) is 3.74. The van der Waals surface area contributed by atoms with Gasteiger partial charge in [-0.2, -0.15) is 0 Å². The summed E-state index contributed by atoms with van der Waals surface area (Å²) < 4.78 is 0. The largest absolute Gasteiger partial charge is 0.317 e. The van der Waals surface area contributed by atoms with E-state index in [2.05, 4.69) is 84.1 Å². The van der Waals surface area contributed by atoms with Crippen LogP contribution in [0.3, 0.4) is 0 Å². The second-order valence-corrected chi connectivity index (χ2v) is 11.1. The molecule has 0 saturated heterocycles. The molecule has 45 heavy (non-hydrogen) atoms. The van der Waals surface area contributed by atoms with Crippen molar-refractivity contribution in [3.63, 3.8) is 0 Å². The molecule has 0 spiro atoms. The van der Waals surface area contributed by atoms with E-state index in [0.29, 0.717) is 0 Å². The highest BCUT2D eigenvalue weighted by molar-refractivity contribution is 4.89. The molecule has 0 heterocycles. The molecule has 1 aliphatic carbocycles. The molecule has 8 N–H and O–H groups in total. The molecule has 0 aliphatic heterocycles. The van der Waals surface area contributed by atoms with Gasteiger partial charge in [0.05, 0.1) is 0 Å². The predicted octanol–water partition coefficient (Wildman–Crippen LogP) is 6.10. The third-order valence-corrected chi connectivity index (χ3v) is 7.21. The fourth-order valence-electron chi connectivity index (χ4n) is 4.45. The smallest absolute Gasteiger partial charge is 0.00173 e. The fraction of sp³-hybridized carbons (Fsp3) is 1.00. The lowest BCUT2D eigenvalue weighted by molar-refractivity contribution is 0.531.